The maximum atomic E-state index is 15.6. The molecule has 0 bridgehead atoms. The van der Waals surface area contributed by atoms with Gasteiger partial charge in [0.25, 0.3) is 5.91 Å². The molecule has 0 saturated carbocycles. The zero-order chi connectivity index (χ0) is 30.2. The Balaban J connectivity index is 1.54. The number of carbonyl (C=O) groups excluding carboxylic acids is 1. The number of benzene rings is 1. The Morgan fingerprint density at radius 2 is 1.79 bits per heavy atom. The molecule has 2 aliphatic rings. The summed E-state index contributed by atoms with van der Waals surface area (Å²) < 4.78 is 76.7. The molecule has 0 spiro atoms. The summed E-state index contributed by atoms with van der Waals surface area (Å²) in [7, 11) is 3.39. The van der Waals surface area contributed by atoms with Crippen molar-refractivity contribution in [3.8, 4) is 11.1 Å². The Bertz CT molecular complexity index is 1510. The maximum Gasteiger partial charge on any atom is 0.417 e. The Morgan fingerprint density at radius 3 is 2.40 bits per heavy atom. The van der Waals surface area contributed by atoms with E-state index < -0.39 is 46.8 Å². The van der Waals surface area contributed by atoms with Crippen molar-refractivity contribution >= 4 is 23.2 Å². The zero-order valence-electron chi connectivity index (χ0n) is 22.7. The molecule has 5 rings (SSSR count). The minimum absolute atomic E-state index is 0.0276. The van der Waals surface area contributed by atoms with Crippen LogP contribution < -0.4 is 20.7 Å². The highest BCUT2D eigenvalue weighted by molar-refractivity contribution is 6.07. The number of amides is 1. The number of morpholine rings is 1. The van der Waals surface area contributed by atoms with E-state index in [1.54, 1.807) is 19.0 Å². The lowest BCUT2D eigenvalue weighted by molar-refractivity contribution is -0.138. The normalized spacial score (nSPS) is 19.4. The fourth-order valence-electron chi connectivity index (χ4n) is 5.05. The molecule has 2 aliphatic heterocycles. The van der Waals surface area contributed by atoms with E-state index in [9.17, 15) is 27.2 Å². The largest absolute Gasteiger partial charge is 0.417 e. The van der Waals surface area contributed by atoms with E-state index in [2.05, 4.69) is 20.3 Å². The second-order valence-corrected chi connectivity index (χ2v) is 10.2. The van der Waals surface area contributed by atoms with Crippen molar-refractivity contribution < 1.29 is 31.5 Å². The molecular formula is C27H28F5N7O3. The van der Waals surface area contributed by atoms with E-state index in [4.69, 9.17) is 4.74 Å². The van der Waals surface area contributed by atoms with Crippen molar-refractivity contribution in [2.75, 3.05) is 68.6 Å². The molecule has 1 aromatic carbocycles. The van der Waals surface area contributed by atoms with Gasteiger partial charge in [0, 0.05) is 55.4 Å². The van der Waals surface area contributed by atoms with E-state index in [0.717, 1.165) is 6.07 Å². The number of H-pyrrole nitrogens is 1. The number of aromatic nitrogens is 3. The first-order chi connectivity index (χ1) is 19.9. The maximum absolute atomic E-state index is 15.6. The Hall–Kier alpha value is -4.11. The van der Waals surface area contributed by atoms with Gasteiger partial charge in [0.15, 0.2) is 0 Å². The number of hydrogen-bond acceptors (Lipinski definition) is 8. The topological polar surface area (TPSA) is 107 Å². The first-order valence-electron chi connectivity index (χ1n) is 13.1. The summed E-state index contributed by atoms with van der Waals surface area (Å²) in [5.74, 6) is -1.50. The summed E-state index contributed by atoms with van der Waals surface area (Å²) >= 11 is 0. The summed E-state index contributed by atoms with van der Waals surface area (Å²) in [5, 5.41) is 2.43. The van der Waals surface area contributed by atoms with Crippen LogP contribution >= 0.6 is 0 Å². The molecule has 0 aliphatic carbocycles. The number of aromatic amines is 1. The van der Waals surface area contributed by atoms with Gasteiger partial charge < -0.3 is 29.7 Å². The van der Waals surface area contributed by atoms with E-state index in [0.29, 0.717) is 38.4 Å². The quantitative estimate of drug-likeness (QED) is 0.420. The van der Waals surface area contributed by atoms with Crippen LogP contribution in [0.1, 0.15) is 15.9 Å². The van der Waals surface area contributed by atoms with Gasteiger partial charge in [0.05, 0.1) is 48.3 Å². The molecule has 0 radical (unpaired) electrons. The van der Waals surface area contributed by atoms with Crippen molar-refractivity contribution in [3.05, 3.63) is 64.1 Å². The van der Waals surface area contributed by atoms with Gasteiger partial charge in [-0.05, 0) is 26.2 Å². The number of ether oxygens (including phenoxy) is 1. The van der Waals surface area contributed by atoms with Crippen LogP contribution in [0.3, 0.4) is 0 Å². The Labute approximate surface area is 237 Å². The third-order valence-corrected chi connectivity index (χ3v) is 7.27. The first kappa shape index (κ1) is 29.4. The molecule has 2 atom stereocenters. The number of alkyl halides is 4. The highest BCUT2D eigenvalue weighted by Gasteiger charge is 2.38. The fraction of sp³-hybridized carbons (Fsp3) is 0.407. The summed E-state index contributed by atoms with van der Waals surface area (Å²) in [6, 6.07) is 2.11. The number of anilines is 3. The number of carbonyl (C=O) groups is 1. The van der Waals surface area contributed by atoms with Crippen molar-refractivity contribution in [2.45, 2.75) is 18.4 Å². The smallest absolute Gasteiger partial charge is 0.378 e. The first-order valence-corrected chi connectivity index (χ1v) is 13.1. The zero-order valence-corrected chi connectivity index (χ0v) is 22.7. The lowest BCUT2D eigenvalue weighted by Crippen LogP contribution is -2.37. The van der Waals surface area contributed by atoms with Gasteiger partial charge in [-0.1, -0.05) is 0 Å². The van der Waals surface area contributed by atoms with Gasteiger partial charge in [-0.25, -0.2) is 18.7 Å². The Morgan fingerprint density at radius 1 is 1.10 bits per heavy atom. The number of hydrogen-bond donors (Lipinski definition) is 2. The van der Waals surface area contributed by atoms with Crippen LogP contribution in [0.15, 0.2) is 41.6 Å². The molecule has 2 fully saturated rings. The van der Waals surface area contributed by atoms with Crippen molar-refractivity contribution in [1.29, 1.82) is 0 Å². The second kappa shape index (κ2) is 11.6. The molecule has 3 aromatic rings. The number of rotatable bonds is 6. The van der Waals surface area contributed by atoms with Gasteiger partial charge in [-0.15, -0.1) is 0 Å². The van der Waals surface area contributed by atoms with Crippen molar-refractivity contribution in [1.82, 2.24) is 19.9 Å². The number of nitrogens with one attached hydrogen (secondary N) is 2. The molecule has 15 heteroatoms. The van der Waals surface area contributed by atoms with E-state index >= 15 is 4.39 Å². The van der Waals surface area contributed by atoms with Crippen molar-refractivity contribution in [2.24, 2.45) is 0 Å². The molecule has 42 heavy (non-hydrogen) atoms. The monoisotopic (exact) mass is 593 g/mol. The summed E-state index contributed by atoms with van der Waals surface area (Å²) in [6.07, 6.45) is -2.82. The van der Waals surface area contributed by atoms with Crippen LogP contribution in [0.25, 0.3) is 11.1 Å². The van der Waals surface area contributed by atoms with E-state index in [1.165, 1.54) is 23.4 Å². The molecule has 2 aromatic heterocycles. The van der Waals surface area contributed by atoms with Gasteiger partial charge >= 0.3 is 6.18 Å². The van der Waals surface area contributed by atoms with Crippen LogP contribution in [-0.2, 0) is 10.9 Å². The van der Waals surface area contributed by atoms with Gasteiger partial charge in [0.1, 0.15) is 12.0 Å². The third kappa shape index (κ3) is 6.06. The lowest BCUT2D eigenvalue weighted by Gasteiger charge is -2.26. The van der Waals surface area contributed by atoms with Crippen LogP contribution in [-0.4, -0.2) is 91.5 Å². The minimum Gasteiger partial charge on any atom is -0.378 e. The number of likely N-dealkylation sites (N-methyl/N-ethyl adjacent to an activating group) is 1. The summed E-state index contributed by atoms with van der Waals surface area (Å²) in [5.41, 5.74) is -3.06. The summed E-state index contributed by atoms with van der Waals surface area (Å²) in [6.45, 7) is 2.21. The van der Waals surface area contributed by atoms with Crippen LogP contribution in [0.4, 0.5) is 39.3 Å². The SMILES string of the molecule is CN(C)[C@@H]1CN(c2cc(F)c(-c3cnc(N4CCOCC4)nc3)cc2NC(=O)c2c[nH]c(=O)cc2C(F)(F)F)C[C@H]1F. The molecule has 10 nitrogen and oxygen atoms in total. The van der Waals surface area contributed by atoms with Crippen LogP contribution in [0, 0.1) is 5.82 Å². The average molecular weight is 594 g/mol. The second-order valence-electron chi connectivity index (χ2n) is 10.2. The Kier molecular flexibility index (Phi) is 8.14. The number of halogens is 5. The van der Waals surface area contributed by atoms with Gasteiger partial charge in [-0.2, -0.15) is 13.2 Å². The molecule has 2 N–H and O–H groups in total. The third-order valence-electron chi connectivity index (χ3n) is 7.27. The molecule has 1 amide bonds. The molecule has 4 heterocycles. The average Bonchev–Trinajstić information content (AvgIpc) is 3.35. The highest BCUT2D eigenvalue weighted by Crippen LogP contribution is 2.38. The number of nitrogens with zero attached hydrogens (tertiary/aromatic N) is 5. The highest BCUT2D eigenvalue weighted by atomic mass is 19.4. The van der Waals surface area contributed by atoms with Gasteiger partial charge in [-0.3, -0.25) is 9.59 Å². The molecular weight excluding hydrogens is 565 g/mol. The predicted octanol–water partition coefficient (Wildman–Crippen LogP) is 3.17. The minimum atomic E-state index is -4.99. The number of pyridine rings is 1. The standard InChI is InChI=1S/C27H28F5N7O3/c1-37(2)23-14-39(13-20(23)29)22-9-19(28)16(15-10-34-26(35-11-15)38-3-5-42-6-4-38)7-21(22)36-25(41)17-12-33-24(40)8-18(17)27(30,31)32/h7-12,20,23H,3-6,13-14H2,1-2H3,(H,33,40)(H,36,41)/t20-,23-/m1/s1. The molecule has 2 saturated heterocycles. The molecule has 0 unspecified atom stereocenters. The lowest BCUT2D eigenvalue weighted by atomic mass is 10.0. The van der Waals surface area contributed by atoms with Crippen LogP contribution in [0.2, 0.25) is 0 Å². The molecule has 224 valence electrons. The predicted molar refractivity (Wildman–Crippen MR) is 145 cm³/mol. The van der Waals surface area contributed by atoms with E-state index in [-0.39, 0.29) is 41.7 Å². The van der Waals surface area contributed by atoms with Crippen molar-refractivity contribution in [3.63, 3.8) is 0 Å². The van der Waals surface area contributed by atoms with Gasteiger partial charge in [0.2, 0.25) is 11.5 Å². The fourth-order valence-corrected chi connectivity index (χ4v) is 5.05. The van der Waals surface area contributed by atoms with E-state index in [1.807, 2.05) is 4.90 Å². The summed E-state index contributed by atoms with van der Waals surface area (Å²) in [4.78, 5) is 40.6. The van der Waals surface area contributed by atoms with Crippen LogP contribution in [0.5, 0.6) is 0 Å².